The summed E-state index contributed by atoms with van der Waals surface area (Å²) >= 11 is 6.09. The van der Waals surface area contributed by atoms with E-state index in [1.165, 1.54) is 12.1 Å². The quantitative estimate of drug-likeness (QED) is 0.571. The number of non-ortho nitro benzene ring substituents is 1. The van der Waals surface area contributed by atoms with Gasteiger partial charge in [-0.3, -0.25) is 10.1 Å². The lowest BCUT2D eigenvalue weighted by atomic mass is 10.2. The topological polar surface area (TPSA) is 49.6 Å². The molecule has 1 rings (SSSR count). The van der Waals surface area contributed by atoms with Crippen LogP contribution in [0.25, 0.3) is 0 Å². The molecule has 1 aromatic carbocycles. The molecule has 0 saturated carbocycles. The molecule has 0 heterocycles. The number of nitro benzene ring substituents is 1. The fourth-order valence-electron chi connectivity index (χ4n) is 1.87. The number of anilines is 1. The summed E-state index contributed by atoms with van der Waals surface area (Å²) in [5, 5.41) is 11.1. The van der Waals surface area contributed by atoms with E-state index in [9.17, 15) is 10.1 Å². The highest BCUT2D eigenvalue weighted by molar-refractivity contribution is 6.33. The van der Waals surface area contributed by atoms with E-state index >= 15 is 0 Å². The van der Waals surface area contributed by atoms with E-state index in [0.717, 1.165) is 31.9 Å². The number of halogens is 1. The van der Waals surface area contributed by atoms with E-state index in [2.05, 4.69) is 18.7 Å². The molecule has 0 aromatic heterocycles. The summed E-state index contributed by atoms with van der Waals surface area (Å²) in [5.74, 6) is 0. The highest BCUT2D eigenvalue weighted by atomic mass is 35.5. The van der Waals surface area contributed by atoms with Crippen molar-refractivity contribution in [3.05, 3.63) is 33.3 Å². The first-order valence-electron chi connectivity index (χ1n) is 6.37. The fraction of sp³-hybridized carbons (Fsp3) is 0.538. The predicted octanol–water partition coefficient (Wildman–Crippen LogP) is 3.03. The van der Waals surface area contributed by atoms with Gasteiger partial charge < -0.3 is 9.80 Å². The highest BCUT2D eigenvalue weighted by Gasteiger charge is 2.12. The summed E-state index contributed by atoms with van der Waals surface area (Å²) in [6.45, 7) is 8.05. The molecule has 0 N–H and O–H groups in total. The van der Waals surface area contributed by atoms with Crippen molar-refractivity contribution < 1.29 is 4.92 Å². The van der Waals surface area contributed by atoms with E-state index in [1.807, 2.05) is 11.9 Å². The molecule has 0 saturated heterocycles. The van der Waals surface area contributed by atoms with Crippen LogP contribution in [-0.2, 0) is 0 Å². The van der Waals surface area contributed by atoms with Gasteiger partial charge in [0.1, 0.15) is 0 Å². The van der Waals surface area contributed by atoms with Crippen molar-refractivity contribution in [2.45, 2.75) is 13.8 Å². The van der Waals surface area contributed by atoms with Crippen molar-refractivity contribution in [2.24, 2.45) is 0 Å². The lowest BCUT2D eigenvalue weighted by molar-refractivity contribution is -0.384. The molecule has 0 aliphatic heterocycles. The first-order valence-corrected chi connectivity index (χ1v) is 6.74. The Labute approximate surface area is 118 Å². The van der Waals surface area contributed by atoms with Gasteiger partial charge in [0, 0.05) is 32.3 Å². The van der Waals surface area contributed by atoms with Gasteiger partial charge in [0.2, 0.25) is 0 Å². The number of benzene rings is 1. The second kappa shape index (κ2) is 7.31. The number of hydrogen-bond donors (Lipinski definition) is 0. The summed E-state index contributed by atoms with van der Waals surface area (Å²) in [6, 6.07) is 4.57. The minimum absolute atomic E-state index is 0.0193. The molecular formula is C13H20ClN3O2. The van der Waals surface area contributed by atoms with Gasteiger partial charge in [-0.2, -0.15) is 0 Å². The molecule has 106 valence electrons. The Balaban J connectivity index is 2.72. The predicted molar refractivity (Wildman–Crippen MR) is 79.2 cm³/mol. The Morgan fingerprint density at radius 3 is 2.37 bits per heavy atom. The number of nitrogens with zero attached hydrogens (tertiary/aromatic N) is 3. The molecule has 19 heavy (non-hydrogen) atoms. The van der Waals surface area contributed by atoms with Crippen molar-refractivity contribution >= 4 is 23.0 Å². The smallest absolute Gasteiger partial charge is 0.271 e. The molecule has 6 heteroatoms. The van der Waals surface area contributed by atoms with Crippen molar-refractivity contribution in [3.8, 4) is 0 Å². The Morgan fingerprint density at radius 2 is 1.89 bits per heavy atom. The van der Waals surface area contributed by atoms with Crippen LogP contribution in [0, 0.1) is 10.1 Å². The minimum Gasteiger partial charge on any atom is -0.372 e. The van der Waals surface area contributed by atoms with Crippen LogP contribution < -0.4 is 4.90 Å². The van der Waals surface area contributed by atoms with Gasteiger partial charge in [0.15, 0.2) is 0 Å². The molecule has 0 atom stereocenters. The van der Waals surface area contributed by atoms with Gasteiger partial charge in [0.25, 0.3) is 5.69 Å². The second-order valence-corrected chi connectivity index (χ2v) is 4.75. The maximum absolute atomic E-state index is 10.7. The van der Waals surface area contributed by atoms with Crippen LogP contribution in [0.1, 0.15) is 13.8 Å². The van der Waals surface area contributed by atoms with Gasteiger partial charge >= 0.3 is 0 Å². The Morgan fingerprint density at radius 1 is 1.26 bits per heavy atom. The number of rotatable bonds is 7. The van der Waals surface area contributed by atoms with Crippen molar-refractivity contribution in [2.75, 3.05) is 38.1 Å². The molecule has 0 unspecified atom stereocenters. The summed E-state index contributed by atoms with van der Waals surface area (Å²) in [7, 11) is 1.94. The highest BCUT2D eigenvalue weighted by Crippen LogP contribution is 2.28. The summed E-state index contributed by atoms with van der Waals surface area (Å²) in [6.07, 6.45) is 0. The first kappa shape index (κ1) is 15.7. The molecule has 0 bridgehead atoms. The maximum atomic E-state index is 10.7. The molecule has 0 radical (unpaired) electrons. The Bertz CT molecular complexity index is 436. The number of likely N-dealkylation sites (N-methyl/N-ethyl adjacent to an activating group) is 2. The average Bonchev–Trinajstić information content (AvgIpc) is 2.39. The average molecular weight is 286 g/mol. The molecule has 0 aliphatic rings. The van der Waals surface area contributed by atoms with Gasteiger partial charge in [-0.15, -0.1) is 0 Å². The largest absolute Gasteiger partial charge is 0.372 e. The van der Waals surface area contributed by atoms with Crippen LogP contribution in [0.4, 0.5) is 11.4 Å². The summed E-state index contributed by atoms with van der Waals surface area (Å²) in [5.41, 5.74) is 0.838. The monoisotopic (exact) mass is 285 g/mol. The van der Waals surface area contributed by atoms with Crippen LogP contribution in [0.2, 0.25) is 5.02 Å². The van der Waals surface area contributed by atoms with E-state index in [-0.39, 0.29) is 5.69 Å². The summed E-state index contributed by atoms with van der Waals surface area (Å²) in [4.78, 5) is 14.5. The molecular weight excluding hydrogens is 266 g/mol. The second-order valence-electron chi connectivity index (χ2n) is 4.34. The number of nitro groups is 1. The van der Waals surface area contributed by atoms with Crippen LogP contribution in [-0.4, -0.2) is 43.0 Å². The van der Waals surface area contributed by atoms with Crippen LogP contribution in [0.5, 0.6) is 0 Å². The molecule has 0 aliphatic carbocycles. The molecule has 5 nitrogen and oxygen atoms in total. The van der Waals surface area contributed by atoms with Crippen LogP contribution in [0.15, 0.2) is 18.2 Å². The maximum Gasteiger partial charge on any atom is 0.271 e. The Kier molecular flexibility index (Phi) is 6.05. The summed E-state index contributed by atoms with van der Waals surface area (Å²) < 4.78 is 0. The van der Waals surface area contributed by atoms with E-state index in [4.69, 9.17) is 11.6 Å². The molecule has 0 spiro atoms. The van der Waals surface area contributed by atoms with Crippen molar-refractivity contribution in [1.29, 1.82) is 0 Å². The molecule has 1 aromatic rings. The molecule has 0 amide bonds. The Hall–Kier alpha value is -1.33. The van der Waals surface area contributed by atoms with Crippen LogP contribution >= 0.6 is 11.6 Å². The minimum atomic E-state index is -0.439. The lowest BCUT2D eigenvalue weighted by Gasteiger charge is -2.25. The third-order valence-corrected chi connectivity index (χ3v) is 3.50. The fourth-order valence-corrected chi connectivity index (χ4v) is 2.19. The van der Waals surface area contributed by atoms with Gasteiger partial charge in [0.05, 0.1) is 15.6 Å². The SMILES string of the molecule is CCN(CC)CCN(C)c1ccc([N+](=O)[O-])cc1Cl. The zero-order valence-corrected chi connectivity index (χ0v) is 12.4. The third-order valence-electron chi connectivity index (χ3n) is 3.20. The van der Waals surface area contributed by atoms with Crippen molar-refractivity contribution in [3.63, 3.8) is 0 Å². The normalized spacial score (nSPS) is 10.8. The van der Waals surface area contributed by atoms with Crippen molar-refractivity contribution in [1.82, 2.24) is 4.90 Å². The zero-order valence-electron chi connectivity index (χ0n) is 11.6. The van der Waals surface area contributed by atoms with E-state index in [0.29, 0.717) is 5.02 Å². The lowest BCUT2D eigenvalue weighted by Crippen LogP contribution is -2.33. The third kappa shape index (κ3) is 4.36. The first-order chi connectivity index (χ1) is 8.99. The standard InChI is InChI=1S/C13H20ClN3O2/c1-4-16(5-2)9-8-15(3)13-7-6-11(17(18)19)10-12(13)14/h6-7,10H,4-5,8-9H2,1-3H3. The van der Waals surface area contributed by atoms with E-state index < -0.39 is 4.92 Å². The van der Waals surface area contributed by atoms with Crippen LogP contribution in [0.3, 0.4) is 0 Å². The molecule has 0 fully saturated rings. The van der Waals surface area contributed by atoms with Gasteiger partial charge in [-0.25, -0.2) is 0 Å². The van der Waals surface area contributed by atoms with Gasteiger partial charge in [-0.05, 0) is 19.2 Å². The zero-order chi connectivity index (χ0) is 14.4. The van der Waals surface area contributed by atoms with Gasteiger partial charge in [-0.1, -0.05) is 25.4 Å². The van der Waals surface area contributed by atoms with E-state index in [1.54, 1.807) is 6.07 Å². The number of hydrogen-bond acceptors (Lipinski definition) is 4.